The largest absolute Gasteiger partial charge is 0.0996 e. The molecule has 2 aliphatic carbocycles. The van der Waals surface area contributed by atoms with Crippen LogP contribution < -0.4 is 0 Å². The van der Waals surface area contributed by atoms with Crippen molar-refractivity contribution >= 4 is 0 Å². The van der Waals surface area contributed by atoms with Gasteiger partial charge in [-0.1, -0.05) is 25.5 Å². The molecule has 0 nitrogen and oxygen atoms in total. The van der Waals surface area contributed by atoms with Gasteiger partial charge in [0.05, 0.1) is 0 Å². The fourth-order valence-electron chi connectivity index (χ4n) is 2.68. The first-order valence-corrected chi connectivity index (χ1v) is 4.50. The van der Waals surface area contributed by atoms with Crippen molar-refractivity contribution in [1.82, 2.24) is 0 Å². The van der Waals surface area contributed by atoms with Crippen molar-refractivity contribution in [1.29, 1.82) is 0 Å². The number of hydrogen-bond donors (Lipinski definition) is 0. The highest BCUT2D eigenvalue weighted by Crippen LogP contribution is 2.53. The number of rotatable bonds is 1. The fraction of sp³-hybridized carbons (Fsp3) is 0.800. The molecule has 0 aliphatic heterocycles. The van der Waals surface area contributed by atoms with Gasteiger partial charge in [-0.05, 0) is 37.0 Å². The first kappa shape index (κ1) is 6.45. The minimum absolute atomic E-state index is 0.949. The van der Waals surface area contributed by atoms with Crippen molar-refractivity contribution in [2.75, 3.05) is 0 Å². The molecule has 56 valence electrons. The minimum atomic E-state index is 0.949. The maximum atomic E-state index is 4.14. The molecule has 0 aromatic carbocycles. The molecule has 0 saturated heterocycles. The summed E-state index contributed by atoms with van der Waals surface area (Å²) in [5, 5.41) is 0. The van der Waals surface area contributed by atoms with Crippen LogP contribution in [0.4, 0.5) is 0 Å². The first-order valence-electron chi connectivity index (χ1n) is 4.50. The summed E-state index contributed by atoms with van der Waals surface area (Å²) in [5.74, 6) is 3.01. The highest BCUT2D eigenvalue weighted by atomic mass is 14.5. The highest BCUT2D eigenvalue weighted by molar-refractivity contribution is 5.15. The van der Waals surface area contributed by atoms with Crippen molar-refractivity contribution in [3.8, 4) is 0 Å². The Morgan fingerprint density at radius 1 is 1.50 bits per heavy atom. The van der Waals surface area contributed by atoms with Crippen LogP contribution in [0.5, 0.6) is 0 Å². The van der Waals surface area contributed by atoms with E-state index in [0.29, 0.717) is 0 Å². The summed E-state index contributed by atoms with van der Waals surface area (Å²) in [6.45, 7) is 6.45. The van der Waals surface area contributed by atoms with Crippen LogP contribution in [-0.4, -0.2) is 0 Å². The lowest BCUT2D eigenvalue weighted by Gasteiger charge is -2.33. The Hall–Kier alpha value is -0.260. The number of hydrogen-bond acceptors (Lipinski definition) is 0. The third-order valence-corrected chi connectivity index (χ3v) is 3.51. The van der Waals surface area contributed by atoms with Gasteiger partial charge in [0.25, 0.3) is 0 Å². The molecule has 0 radical (unpaired) electrons. The molecule has 3 unspecified atom stereocenters. The summed E-state index contributed by atoms with van der Waals surface area (Å²) in [6.07, 6.45) is 5.65. The van der Waals surface area contributed by atoms with Crippen LogP contribution in [0.15, 0.2) is 12.2 Å². The molecular formula is C10H16. The van der Waals surface area contributed by atoms with E-state index in [1.807, 2.05) is 0 Å². The predicted octanol–water partition coefficient (Wildman–Crippen LogP) is 3.00. The van der Waals surface area contributed by atoms with Gasteiger partial charge in [-0.2, -0.15) is 0 Å². The summed E-state index contributed by atoms with van der Waals surface area (Å²) in [6, 6.07) is 0. The maximum Gasteiger partial charge on any atom is -0.0175 e. The van der Waals surface area contributed by atoms with Gasteiger partial charge in [-0.25, -0.2) is 0 Å². The van der Waals surface area contributed by atoms with Crippen molar-refractivity contribution in [3.63, 3.8) is 0 Å². The SMILES string of the molecule is C=C1CC(CC)C2CCC12. The average Bonchev–Trinajstić information content (AvgIpc) is 2.02. The molecule has 0 heteroatoms. The van der Waals surface area contributed by atoms with Gasteiger partial charge >= 0.3 is 0 Å². The second-order valence-electron chi connectivity index (χ2n) is 3.88. The molecule has 2 aliphatic rings. The third-order valence-electron chi connectivity index (χ3n) is 3.51. The molecule has 0 bridgehead atoms. The normalized spacial score (nSPS) is 44.9. The topological polar surface area (TPSA) is 0 Å². The third kappa shape index (κ3) is 0.680. The van der Waals surface area contributed by atoms with Crippen LogP contribution in [-0.2, 0) is 0 Å². The van der Waals surface area contributed by atoms with Crippen LogP contribution in [0, 0.1) is 17.8 Å². The lowest BCUT2D eigenvalue weighted by molar-refractivity contribution is 0.183. The molecular weight excluding hydrogens is 120 g/mol. The van der Waals surface area contributed by atoms with E-state index >= 15 is 0 Å². The zero-order valence-electron chi connectivity index (χ0n) is 6.77. The van der Waals surface area contributed by atoms with Gasteiger partial charge in [0.2, 0.25) is 0 Å². The zero-order valence-corrected chi connectivity index (χ0v) is 6.77. The number of allylic oxidation sites excluding steroid dienone is 1. The lowest BCUT2D eigenvalue weighted by Crippen LogP contribution is -2.24. The van der Waals surface area contributed by atoms with Gasteiger partial charge in [-0.15, -0.1) is 0 Å². The molecule has 0 aromatic heterocycles. The second kappa shape index (κ2) is 2.11. The zero-order chi connectivity index (χ0) is 7.14. The van der Waals surface area contributed by atoms with Crippen molar-refractivity contribution in [3.05, 3.63) is 12.2 Å². The van der Waals surface area contributed by atoms with Gasteiger partial charge in [0.1, 0.15) is 0 Å². The molecule has 2 saturated carbocycles. The van der Waals surface area contributed by atoms with E-state index in [4.69, 9.17) is 0 Å². The van der Waals surface area contributed by atoms with Crippen LogP contribution in [0.3, 0.4) is 0 Å². The van der Waals surface area contributed by atoms with Crippen molar-refractivity contribution < 1.29 is 0 Å². The Morgan fingerprint density at radius 3 is 2.60 bits per heavy atom. The van der Waals surface area contributed by atoms with E-state index < -0.39 is 0 Å². The molecule has 10 heavy (non-hydrogen) atoms. The van der Waals surface area contributed by atoms with Gasteiger partial charge < -0.3 is 0 Å². The fourth-order valence-corrected chi connectivity index (χ4v) is 2.68. The summed E-state index contributed by atoms with van der Waals surface area (Å²) in [4.78, 5) is 0. The van der Waals surface area contributed by atoms with Crippen LogP contribution in [0.2, 0.25) is 0 Å². The summed E-state index contributed by atoms with van der Waals surface area (Å²) in [5.41, 5.74) is 1.56. The van der Waals surface area contributed by atoms with E-state index in [1.54, 1.807) is 5.57 Å². The van der Waals surface area contributed by atoms with E-state index in [9.17, 15) is 0 Å². The van der Waals surface area contributed by atoms with E-state index in [2.05, 4.69) is 13.5 Å². The molecule has 3 atom stereocenters. The Bertz CT molecular complexity index is 155. The lowest BCUT2D eigenvalue weighted by atomic mass is 9.71. The smallest absolute Gasteiger partial charge is 0.0175 e. The predicted molar refractivity (Wildman–Crippen MR) is 43.8 cm³/mol. The van der Waals surface area contributed by atoms with E-state index in [-0.39, 0.29) is 0 Å². The summed E-state index contributed by atoms with van der Waals surface area (Å²) < 4.78 is 0. The maximum absolute atomic E-state index is 4.14. The average molecular weight is 136 g/mol. The first-order chi connectivity index (χ1) is 4.83. The van der Waals surface area contributed by atoms with E-state index in [1.165, 1.54) is 25.7 Å². The van der Waals surface area contributed by atoms with Crippen molar-refractivity contribution in [2.24, 2.45) is 17.8 Å². The Labute approximate surface area is 63.3 Å². The monoisotopic (exact) mass is 136 g/mol. The van der Waals surface area contributed by atoms with Gasteiger partial charge in [0.15, 0.2) is 0 Å². The Kier molecular flexibility index (Phi) is 1.36. The van der Waals surface area contributed by atoms with Crippen LogP contribution in [0.25, 0.3) is 0 Å². The molecule has 2 fully saturated rings. The Balaban J connectivity index is 2.09. The Morgan fingerprint density at radius 2 is 2.30 bits per heavy atom. The second-order valence-corrected chi connectivity index (χ2v) is 3.88. The minimum Gasteiger partial charge on any atom is -0.0996 e. The summed E-state index contributed by atoms with van der Waals surface area (Å²) >= 11 is 0. The van der Waals surface area contributed by atoms with E-state index in [0.717, 1.165) is 17.8 Å². The highest BCUT2D eigenvalue weighted by Gasteiger charge is 2.43. The van der Waals surface area contributed by atoms with Gasteiger partial charge in [-0.3, -0.25) is 0 Å². The number of fused-ring (bicyclic) bond motifs is 1. The molecule has 0 spiro atoms. The molecule has 0 amide bonds. The molecule has 0 N–H and O–H groups in total. The van der Waals surface area contributed by atoms with Crippen molar-refractivity contribution in [2.45, 2.75) is 32.6 Å². The summed E-state index contributed by atoms with van der Waals surface area (Å²) in [7, 11) is 0. The molecule has 2 rings (SSSR count). The van der Waals surface area contributed by atoms with Crippen LogP contribution in [0.1, 0.15) is 32.6 Å². The standard InChI is InChI=1S/C10H16/c1-3-8-6-7(2)9-4-5-10(8)9/h8-10H,2-6H2,1H3. The molecule has 0 aromatic rings. The van der Waals surface area contributed by atoms with Gasteiger partial charge in [0, 0.05) is 0 Å². The quantitative estimate of drug-likeness (QED) is 0.486. The van der Waals surface area contributed by atoms with Crippen LogP contribution >= 0.6 is 0 Å². The molecule has 0 heterocycles.